The van der Waals surface area contributed by atoms with Gasteiger partial charge < -0.3 is 5.32 Å². The molecule has 0 unspecified atom stereocenters. The summed E-state index contributed by atoms with van der Waals surface area (Å²) < 4.78 is 29.7. The van der Waals surface area contributed by atoms with E-state index in [-0.39, 0.29) is 12.1 Å². The number of rotatable bonds is 0. The number of hydrogen-bond donors (Lipinski definition) is 1. The zero-order valence-corrected chi connectivity index (χ0v) is 9.60. The zero-order valence-electron chi connectivity index (χ0n) is 9.60. The van der Waals surface area contributed by atoms with Gasteiger partial charge in [0.1, 0.15) is 5.69 Å². The Kier molecular flexibility index (Phi) is 2.33. The molecule has 2 aliphatic heterocycles. The summed E-state index contributed by atoms with van der Waals surface area (Å²) in [6, 6.07) is 0. The molecule has 92 valence electrons. The fraction of sp³-hybridized carbons (Fsp3) is 0.583. The maximum atomic E-state index is 14.1. The van der Waals surface area contributed by atoms with Crippen molar-refractivity contribution in [3.63, 3.8) is 0 Å². The standard InChI is InChI=1S/C12H15F2N3/c1-8-2-4-12(13,14)11-9-6-15-5-3-10(9)16-17(11)7-8/h15H,1-7H2. The van der Waals surface area contributed by atoms with Crippen LogP contribution < -0.4 is 5.32 Å². The number of fused-ring (bicyclic) bond motifs is 3. The van der Waals surface area contributed by atoms with Gasteiger partial charge in [-0.25, -0.2) is 0 Å². The molecule has 0 aliphatic carbocycles. The summed E-state index contributed by atoms with van der Waals surface area (Å²) in [4.78, 5) is 0. The molecule has 0 saturated carbocycles. The van der Waals surface area contributed by atoms with Crippen molar-refractivity contribution in [3.05, 3.63) is 29.1 Å². The van der Waals surface area contributed by atoms with Crippen LogP contribution in [0, 0.1) is 0 Å². The Morgan fingerprint density at radius 3 is 3.00 bits per heavy atom. The quantitative estimate of drug-likeness (QED) is 0.701. The van der Waals surface area contributed by atoms with Crippen molar-refractivity contribution in [2.45, 2.75) is 38.3 Å². The number of allylic oxidation sites excluding steroid dienone is 1. The Hall–Kier alpha value is -1.23. The third-order valence-corrected chi connectivity index (χ3v) is 3.49. The Morgan fingerprint density at radius 2 is 2.18 bits per heavy atom. The lowest BCUT2D eigenvalue weighted by Crippen LogP contribution is -2.26. The first-order valence-electron chi connectivity index (χ1n) is 5.92. The molecule has 0 amide bonds. The first kappa shape index (κ1) is 10.9. The predicted octanol–water partition coefficient (Wildman–Crippen LogP) is 1.97. The van der Waals surface area contributed by atoms with Crippen molar-refractivity contribution in [2.24, 2.45) is 0 Å². The molecule has 0 aromatic carbocycles. The molecule has 5 heteroatoms. The molecule has 0 bridgehead atoms. The lowest BCUT2D eigenvalue weighted by Gasteiger charge is -2.18. The number of hydrogen-bond acceptors (Lipinski definition) is 2. The van der Waals surface area contributed by atoms with E-state index in [0.29, 0.717) is 25.1 Å². The Bertz CT molecular complexity index is 476. The minimum Gasteiger partial charge on any atom is -0.312 e. The summed E-state index contributed by atoms with van der Waals surface area (Å²) in [6.07, 6.45) is 0.959. The van der Waals surface area contributed by atoms with Gasteiger partial charge in [-0.3, -0.25) is 4.68 Å². The van der Waals surface area contributed by atoms with Crippen LogP contribution in [0.3, 0.4) is 0 Å². The molecule has 0 spiro atoms. The average Bonchev–Trinajstić information content (AvgIpc) is 2.59. The topological polar surface area (TPSA) is 29.9 Å². The van der Waals surface area contributed by atoms with Crippen molar-refractivity contribution in [1.29, 1.82) is 0 Å². The molecule has 0 atom stereocenters. The van der Waals surface area contributed by atoms with Crippen LogP contribution in [0.1, 0.15) is 29.8 Å². The molecule has 3 nitrogen and oxygen atoms in total. The highest BCUT2D eigenvalue weighted by Crippen LogP contribution is 2.40. The number of nitrogens with zero attached hydrogens (tertiary/aromatic N) is 2. The molecule has 1 aromatic heterocycles. The van der Waals surface area contributed by atoms with Crippen LogP contribution in [0.25, 0.3) is 0 Å². The molecule has 1 aromatic rings. The van der Waals surface area contributed by atoms with Crippen LogP contribution >= 0.6 is 0 Å². The largest absolute Gasteiger partial charge is 0.312 e. The third-order valence-electron chi connectivity index (χ3n) is 3.49. The van der Waals surface area contributed by atoms with Gasteiger partial charge in [0, 0.05) is 31.5 Å². The van der Waals surface area contributed by atoms with Gasteiger partial charge in [-0.2, -0.15) is 13.9 Å². The molecule has 17 heavy (non-hydrogen) atoms. The second-order valence-corrected chi connectivity index (χ2v) is 4.81. The van der Waals surface area contributed by atoms with Crippen LogP contribution in [-0.4, -0.2) is 16.3 Å². The molecule has 2 aliphatic rings. The van der Waals surface area contributed by atoms with Gasteiger partial charge in [0.2, 0.25) is 0 Å². The third kappa shape index (κ3) is 1.69. The van der Waals surface area contributed by atoms with Crippen molar-refractivity contribution in [3.8, 4) is 0 Å². The fourth-order valence-electron chi connectivity index (χ4n) is 2.62. The minimum absolute atomic E-state index is 0.110. The Balaban J connectivity index is 2.16. The van der Waals surface area contributed by atoms with Gasteiger partial charge in [0.25, 0.3) is 5.92 Å². The number of alkyl halides is 2. The monoisotopic (exact) mass is 239 g/mol. The summed E-state index contributed by atoms with van der Waals surface area (Å²) in [5.41, 5.74) is 2.47. The first-order chi connectivity index (χ1) is 8.08. The number of nitrogens with one attached hydrogen (secondary N) is 1. The van der Waals surface area contributed by atoms with E-state index < -0.39 is 5.92 Å². The van der Waals surface area contributed by atoms with Gasteiger partial charge >= 0.3 is 0 Å². The van der Waals surface area contributed by atoms with Crippen molar-refractivity contribution in [1.82, 2.24) is 15.1 Å². The van der Waals surface area contributed by atoms with Crippen LogP contribution in [0.15, 0.2) is 12.2 Å². The second-order valence-electron chi connectivity index (χ2n) is 4.81. The van der Waals surface area contributed by atoms with E-state index in [2.05, 4.69) is 17.0 Å². The van der Waals surface area contributed by atoms with Gasteiger partial charge in [0.15, 0.2) is 0 Å². The molecular formula is C12H15F2N3. The van der Waals surface area contributed by atoms with Crippen LogP contribution in [0.5, 0.6) is 0 Å². The van der Waals surface area contributed by atoms with Gasteiger partial charge in [-0.15, -0.1) is 0 Å². The van der Waals surface area contributed by atoms with E-state index in [0.717, 1.165) is 24.2 Å². The smallest absolute Gasteiger partial charge is 0.290 e. The normalized spacial score (nSPS) is 22.8. The molecule has 0 radical (unpaired) electrons. The second kappa shape index (κ2) is 3.63. The zero-order chi connectivity index (χ0) is 12.0. The summed E-state index contributed by atoms with van der Waals surface area (Å²) >= 11 is 0. The summed E-state index contributed by atoms with van der Waals surface area (Å²) in [5.74, 6) is -2.78. The van der Waals surface area contributed by atoms with Crippen LogP contribution in [0.2, 0.25) is 0 Å². The lowest BCUT2D eigenvalue weighted by molar-refractivity contribution is -0.0190. The van der Waals surface area contributed by atoms with Gasteiger partial charge in [-0.1, -0.05) is 12.2 Å². The van der Waals surface area contributed by atoms with Gasteiger partial charge in [-0.05, 0) is 6.42 Å². The Morgan fingerprint density at radius 1 is 1.35 bits per heavy atom. The number of aromatic nitrogens is 2. The molecule has 1 N–H and O–H groups in total. The first-order valence-corrected chi connectivity index (χ1v) is 5.92. The molecule has 3 heterocycles. The predicted molar refractivity (Wildman–Crippen MR) is 59.9 cm³/mol. The van der Waals surface area contributed by atoms with E-state index in [1.165, 1.54) is 4.68 Å². The molecule has 0 saturated heterocycles. The number of halogens is 2. The molecular weight excluding hydrogens is 224 g/mol. The summed E-state index contributed by atoms with van der Waals surface area (Å²) in [7, 11) is 0. The van der Waals surface area contributed by atoms with Crippen molar-refractivity contribution >= 4 is 0 Å². The van der Waals surface area contributed by atoms with E-state index in [4.69, 9.17) is 0 Å². The molecule has 0 fully saturated rings. The SMILES string of the molecule is C=C1CCC(F)(F)c2c3c(nn2C1)CCNC3. The molecule has 3 rings (SSSR count). The van der Waals surface area contributed by atoms with E-state index in [1.54, 1.807) is 0 Å². The highest BCUT2D eigenvalue weighted by molar-refractivity contribution is 5.33. The average molecular weight is 239 g/mol. The maximum Gasteiger partial charge on any atom is 0.290 e. The summed E-state index contributed by atoms with van der Waals surface area (Å²) in [6.45, 7) is 5.59. The highest BCUT2D eigenvalue weighted by Gasteiger charge is 2.41. The van der Waals surface area contributed by atoms with Crippen LogP contribution in [0.4, 0.5) is 8.78 Å². The van der Waals surface area contributed by atoms with E-state index in [1.807, 2.05) is 0 Å². The lowest BCUT2D eigenvalue weighted by atomic mass is 10.0. The maximum absolute atomic E-state index is 14.1. The van der Waals surface area contributed by atoms with E-state index >= 15 is 0 Å². The van der Waals surface area contributed by atoms with E-state index in [9.17, 15) is 8.78 Å². The van der Waals surface area contributed by atoms with Crippen molar-refractivity contribution in [2.75, 3.05) is 6.54 Å². The van der Waals surface area contributed by atoms with Gasteiger partial charge in [0.05, 0.1) is 12.2 Å². The fourth-order valence-corrected chi connectivity index (χ4v) is 2.62. The Labute approximate surface area is 98.5 Å². The minimum atomic E-state index is -2.78. The highest BCUT2D eigenvalue weighted by atomic mass is 19.3. The van der Waals surface area contributed by atoms with Crippen molar-refractivity contribution < 1.29 is 8.78 Å². The summed E-state index contributed by atoms with van der Waals surface area (Å²) in [5, 5.41) is 7.47. The van der Waals surface area contributed by atoms with Crippen LogP contribution in [-0.2, 0) is 25.4 Å².